The number of phenols is 2. The van der Waals surface area contributed by atoms with Crippen LogP contribution in [0.25, 0.3) is 0 Å². The highest BCUT2D eigenvalue weighted by molar-refractivity contribution is 6.31. The molecule has 2 rings (SSSR count). The lowest BCUT2D eigenvalue weighted by Crippen LogP contribution is -2.26. The summed E-state index contributed by atoms with van der Waals surface area (Å²) in [5, 5.41) is 22.2. The second-order valence-corrected chi connectivity index (χ2v) is 15.8. The number of phenolic OH excluding ortho intramolecular Hbond substituents is 2. The van der Waals surface area contributed by atoms with E-state index in [0.29, 0.717) is 47.6 Å². The predicted octanol–water partition coefficient (Wildman–Crippen LogP) is 11.9. The number of esters is 2. The van der Waals surface area contributed by atoms with Crippen LogP contribution in [-0.4, -0.2) is 22.2 Å². The average Bonchev–Trinajstić information content (AvgIpc) is 3.03. The van der Waals surface area contributed by atoms with Gasteiger partial charge in [0, 0.05) is 11.1 Å². The lowest BCUT2D eigenvalue weighted by molar-refractivity contribution is -0.156. The van der Waals surface area contributed by atoms with Crippen LogP contribution in [0.3, 0.4) is 0 Å². The van der Waals surface area contributed by atoms with Crippen LogP contribution in [0, 0.1) is 23.7 Å². The van der Waals surface area contributed by atoms with E-state index >= 15 is 0 Å². The van der Waals surface area contributed by atoms with Gasteiger partial charge in [-0.15, -0.1) is 0 Å². The lowest BCUT2D eigenvalue weighted by atomic mass is 9.93. The Morgan fingerprint density at radius 1 is 0.520 bits per heavy atom. The van der Waals surface area contributed by atoms with Crippen LogP contribution in [0.4, 0.5) is 0 Å². The van der Waals surface area contributed by atoms with Crippen molar-refractivity contribution in [2.75, 3.05) is 0 Å². The fourth-order valence-corrected chi connectivity index (χ4v) is 6.61. The van der Waals surface area contributed by atoms with Gasteiger partial charge in [-0.05, 0) is 110 Å². The van der Waals surface area contributed by atoms with Gasteiger partial charge in [0.05, 0.1) is 0 Å². The van der Waals surface area contributed by atoms with E-state index < -0.39 is 11.9 Å². The number of rotatable bonds is 24. The van der Waals surface area contributed by atoms with E-state index in [1.165, 1.54) is 12.8 Å². The van der Waals surface area contributed by atoms with Crippen LogP contribution < -0.4 is 9.47 Å². The Morgan fingerprint density at radius 2 is 0.900 bits per heavy atom. The standard InChI is InChI=1S/C44H70O6/c1-9-11-13-21-35-27-39(45)37(25-23-33(7)19-15-17-31(3)4)41(29-35)49-43(47)44(48)50-42-30-36(22-14-12-10-2)28-40(46)38(42)26-24-34(8)20-16-18-32(5)6/h27-34,45-46H,9-26H2,1-8H3/t33-,34-/m1/s1. The van der Waals surface area contributed by atoms with E-state index in [1.807, 2.05) is 0 Å². The minimum Gasteiger partial charge on any atom is -0.508 e. The summed E-state index contributed by atoms with van der Waals surface area (Å²) >= 11 is 0. The van der Waals surface area contributed by atoms with Crippen LogP contribution in [0.1, 0.15) is 168 Å². The quantitative estimate of drug-likeness (QED) is 0.0492. The SMILES string of the molecule is CCCCCc1cc(O)c(CC[C@H](C)CCCC(C)C)c(OC(=O)C(=O)Oc2cc(CCCCC)cc(O)c2CC[C@H](C)CCCC(C)C)c1. The van der Waals surface area contributed by atoms with Gasteiger partial charge in [-0.25, -0.2) is 9.59 Å². The third kappa shape index (κ3) is 16.3. The third-order valence-electron chi connectivity index (χ3n) is 9.93. The molecule has 0 aromatic heterocycles. The van der Waals surface area contributed by atoms with Gasteiger partial charge in [-0.2, -0.15) is 0 Å². The van der Waals surface area contributed by atoms with Crippen molar-refractivity contribution >= 4 is 11.9 Å². The van der Waals surface area contributed by atoms with E-state index in [4.69, 9.17) is 9.47 Å². The molecule has 0 aliphatic heterocycles. The molecule has 0 bridgehead atoms. The predicted molar refractivity (Wildman–Crippen MR) is 206 cm³/mol. The molecule has 0 aliphatic rings. The van der Waals surface area contributed by atoms with Crippen LogP contribution in [0.2, 0.25) is 0 Å². The highest BCUT2D eigenvalue weighted by Gasteiger charge is 2.25. The van der Waals surface area contributed by atoms with Gasteiger partial charge in [-0.3, -0.25) is 0 Å². The number of unbranched alkanes of at least 4 members (excludes halogenated alkanes) is 4. The van der Waals surface area contributed by atoms with Gasteiger partial charge >= 0.3 is 11.9 Å². The van der Waals surface area contributed by atoms with Gasteiger partial charge < -0.3 is 19.7 Å². The zero-order chi connectivity index (χ0) is 37.1. The molecule has 2 aromatic rings. The first kappa shape index (κ1) is 43.1. The Labute approximate surface area is 304 Å². The van der Waals surface area contributed by atoms with Crippen LogP contribution in [0.15, 0.2) is 24.3 Å². The summed E-state index contributed by atoms with van der Waals surface area (Å²) in [4.78, 5) is 26.8. The van der Waals surface area contributed by atoms with E-state index in [-0.39, 0.29) is 23.0 Å². The summed E-state index contributed by atoms with van der Waals surface area (Å²) in [5.41, 5.74) is 2.83. The smallest absolute Gasteiger partial charge is 0.423 e. The number of hydrogen-bond acceptors (Lipinski definition) is 6. The van der Waals surface area contributed by atoms with E-state index in [9.17, 15) is 19.8 Å². The number of carbonyl (C=O) groups excluding carboxylic acids is 2. The Morgan fingerprint density at radius 3 is 1.24 bits per heavy atom. The number of aromatic hydroxyl groups is 2. The minimum absolute atomic E-state index is 0.0963. The van der Waals surface area contributed by atoms with Crippen molar-refractivity contribution in [2.24, 2.45) is 23.7 Å². The average molecular weight is 695 g/mol. The molecule has 2 atom stereocenters. The van der Waals surface area contributed by atoms with Gasteiger partial charge in [-0.1, -0.05) is 120 Å². The Kier molecular flexibility index (Phi) is 20.2. The summed E-state index contributed by atoms with van der Waals surface area (Å²) in [6.45, 7) is 17.7. The molecule has 0 saturated carbocycles. The van der Waals surface area contributed by atoms with Gasteiger partial charge in [0.15, 0.2) is 0 Å². The number of hydrogen-bond donors (Lipinski definition) is 2. The maximum absolute atomic E-state index is 13.4. The molecule has 0 unspecified atom stereocenters. The summed E-state index contributed by atoms with van der Waals surface area (Å²) < 4.78 is 11.5. The molecule has 6 nitrogen and oxygen atoms in total. The number of carbonyl (C=O) groups is 2. The fourth-order valence-electron chi connectivity index (χ4n) is 6.61. The molecule has 2 N–H and O–H groups in total. The topological polar surface area (TPSA) is 93.1 Å². The second kappa shape index (κ2) is 23.5. The molecule has 0 radical (unpaired) electrons. The molecule has 0 spiro atoms. The molecule has 50 heavy (non-hydrogen) atoms. The highest BCUT2D eigenvalue weighted by atomic mass is 16.6. The van der Waals surface area contributed by atoms with Gasteiger partial charge in [0.1, 0.15) is 23.0 Å². The second-order valence-electron chi connectivity index (χ2n) is 15.8. The Hall–Kier alpha value is -3.02. The molecule has 2 aromatic carbocycles. The molecular weight excluding hydrogens is 624 g/mol. The Bertz CT molecular complexity index is 1200. The third-order valence-corrected chi connectivity index (χ3v) is 9.93. The van der Waals surface area contributed by atoms with Crippen molar-refractivity contribution < 1.29 is 29.3 Å². The summed E-state index contributed by atoms with van der Waals surface area (Å²) in [6, 6.07) is 7.14. The van der Waals surface area contributed by atoms with Gasteiger partial charge in [0.2, 0.25) is 0 Å². The van der Waals surface area contributed by atoms with Crippen molar-refractivity contribution in [1.29, 1.82) is 0 Å². The van der Waals surface area contributed by atoms with Crippen molar-refractivity contribution in [3.63, 3.8) is 0 Å². The first-order valence-corrected chi connectivity index (χ1v) is 20.0. The number of aryl methyl sites for hydroxylation is 2. The van der Waals surface area contributed by atoms with Crippen molar-refractivity contribution in [3.8, 4) is 23.0 Å². The van der Waals surface area contributed by atoms with E-state index in [0.717, 1.165) is 101 Å². The van der Waals surface area contributed by atoms with E-state index in [2.05, 4.69) is 55.4 Å². The zero-order valence-corrected chi connectivity index (χ0v) is 32.9. The van der Waals surface area contributed by atoms with Crippen molar-refractivity contribution in [1.82, 2.24) is 0 Å². The highest BCUT2D eigenvalue weighted by Crippen LogP contribution is 2.35. The molecule has 0 fully saturated rings. The first-order chi connectivity index (χ1) is 23.8. The fraction of sp³-hybridized carbons (Fsp3) is 0.682. The van der Waals surface area contributed by atoms with Crippen molar-refractivity contribution in [2.45, 2.75) is 171 Å². The largest absolute Gasteiger partial charge is 0.508 e. The van der Waals surface area contributed by atoms with Crippen LogP contribution in [0.5, 0.6) is 23.0 Å². The number of benzene rings is 2. The number of ether oxygens (including phenoxy) is 2. The molecule has 6 heteroatoms. The van der Waals surface area contributed by atoms with Crippen LogP contribution in [-0.2, 0) is 35.3 Å². The Balaban J connectivity index is 2.29. The monoisotopic (exact) mass is 695 g/mol. The van der Waals surface area contributed by atoms with Crippen molar-refractivity contribution in [3.05, 3.63) is 46.5 Å². The summed E-state index contributed by atoms with van der Waals surface area (Å²) in [7, 11) is 0. The zero-order valence-electron chi connectivity index (χ0n) is 32.9. The molecule has 282 valence electrons. The molecule has 0 heterocycles. The normalized spacial score (nSPS) is 12.8. The maximum Gasteiger partial charge on any atom is 0.423 e. The molecular formula is C44H70O6. The molecule has 0 amide bonds. The lowest BCUT2D eigenvalue weighted by Gasteiger charge is -2.18. The minimum atomic E-state index is -1.13. The van der Waals surface area contributed by atoms with E-state index in [1.54, 1.807) is 24.3 Å². The summed E-state index contributed by atoms with van der Waals surface area (Å²) in [5.74, 6) is 0.597. The first-order valence-electron chi connectivity index (χ1n) is 20.0. The summed E-state index contributed by atoms with van der Waals surface area (Å²) in [6.07, 6.45) is 17.3. The molecule has 0 aliphatic carbocycles. The molecule has 0 saturated heterocycles. The van der Waals surface area contributed by atoms with Gasteiger partial charge in [0.25, 0.3) is 0 Å². The maximum atomic E-state index is 13.4. The van der Waals surface area contributed by atoms with Crippen LogP contribution >= 0.6 is 0 Å².